The van der Waals surface area contributed by atoms with Crippen molar-refractivity contribution in [3.8, 4) is 0 Å². The number of carboxylic acid groups (broad SMARTS) is 1. The van der Waals surface area contributed by atoms with Crippen LogP contribution in [0.3, 0.4) is 0 Å². The predicted octanol–water partition coefficient (Wildman–Crippen LogP) is 1.49. The van der Waals surface area contributed by atoms with Gasteiger partial charge in [0.25, 0.3) is 0 Å². The number of likely N-dealkylation sites (tertiary alicyclic amines) is 1. The van der Waals surface area contributed by atoms with Crippen molar-refractivity contribution >= 4 is 17.8 Å². The van der Waals surface area contributed by atoms with Gasteiger partial charge in [-0.15, -0.1) is 0 Å². The number of aliphatic carboxylic acids is 1. The second-order valence-corrected chi connectivity index (χ2v) is 5.36. The number of hydrogen-bond donors (Lipinski definition) is 1. The fourth-order valence-corrected chi connectivity index (χ4v) is 2.76. The molecule has 1 atom stereocenters. The Morgan fingerprint density at radius 2 is 1.76 bits per heavy atom. The van der Waals surface area contributed by atoms with Crippen molar-refractivity contribution < 1.29 is 19.5 Å². The molecule has 1 fully saturated rings. The third-order valence-corrected chi connectivity index (χ3v) is 3.96. The maximum absolute atomic E-state index is 12.4. The molecule has 6 nitrogen and oxygen atoms in total. The van der Waals surface area contributed by atoms with Crippen molar-refractivity contribution in [3.63, 3.8) is 0 Å². The smallest absolute Gasteiger partial charge is 0.303 e. The van der Waals surface area contributed by atoms with Gasteiger partial charge in [0.2, 0.25) is 11.8 Å². The summed E-state index contributed by atoms with van der Waals surface area (Å²) in [4.78, 5) is 38.5. The van der Waals surface area contributed by atoms with Crippen LogP contribution in [0.2, 0.25) is 0 Å². The minimum atomic E-state index is -0.835. The molecular weight excluding hydrogens is 272 g/mol. The minimum Gasteiger partial charge on any atom is -0.481 e. The molecule has 1 rings (SSSR count). The minimum absolute atomic E-state index is 0.0246. The van der Waals surface area contributed by atoms with Crippen LogP contribution in [0, 0.1) is 0 Å². The van der Waals surface area contributed by atoms with E-state index >= 15 is 0 Å². The Hall–Kier alpha value is -1.59. The molecule has 120 valence electrons. The van der Waals surface area contributed by atoms with E-state index in [2.05, 4.69) is 0 Å². The van der Waals surface area contributed by atoms with E-state index in [1.165, 1.54) is 0 Å². The van der Waals surface area contributed by atoms with Gasteiger partial charge >= 0.3 is 5.97 Å². The number of carbonyl (C=O) groups is 3. The highest BCUT2D eigenvalue weighted by Crippen LogP contribution is 2.21. The normalized spacial score (nSPS) is 17.8. The molecule has 1 saturated heterocycles. The van der Waals surface area contributed by atoms with Crippen LogP contribution in [0.15, 0.2) is 0 Å². The highest BCUT2D eigenvalue weighted by atomic mass is 16.4. The summed E-state index contributed by atoms with van der Waals surface area (Å²) in [5.41, 5.74) is 0. The molecule has 1 aliphatic heterocycles. The molecule has 0 aromatic rings. The van der Waals surface area contributed by atoms with Crippen LogP contribution in [-0.4, -0.2) is 58.4 Å². The quantitative estimate of drug-likeness (QED) is 0.689. The number of nitrogens with zero attached hydrogens (tertiary/aromatic N) is 2. The largest absolute Gasteiger partial charge is 0.481 e. The van der Waals surface area contributed by atoms with Gasteiger partial charge in [0, 0.05) is 32.5 Å². The van der Waals surface area contributed by atoms with Crippen LogP contribution >= 0.6 is 0 Å². The van der Waals surface area contributed by atoms with E-state index in [0.29, 0.717) is 38.9 Å². The zero-order valence-electron chi connectivity index (χ0n) is 13.0. The lowest BCUT2D eigenvalue weighted by molar-refractivity contribution is -0.143. The Balaban J connectivity index is 2.50. The molecule has 0 aliphatic carbocycles. The van der Waals surface area contributed by atoms with Gasteiger partial charge in [-0.1, -0.05) is 0 Å². The summed E-state index contributed by atoms with van der Waals surface area (Å²) < 4.78 is 0. The van der Waals surface area contributed by atoms with E-state index in [1.807, 2.05) is 13.8 Å². The maximum atomic E-state index is 12.4. The number of likely N-dealkylation sites (N-methyl/N-ethyl adjacent to an activating group) is 1. The molecule has 1 aliphatic rings. The molecule has 0 aromatic carbocycles. The summed E-state index contributed by atoms with van der Waals surface area (Å²) >= 11 is 0. The molecule has 0 saturated carbocycles. The molecular formula is C15H26N2O4. The summed E-state index contributed by atoms with van der Waals surface area (Å²) in [5.74, 6) is -0.821. The first-order valence-corrected chi connectivity index (χ1v) is 7.81. The van der Waals surface area contributed by atoms with E-state index in [-0.39, 0.29) is 24.3 Å². The van der Waals surface area contributed by atoms with Gasteiger partial charge in [0.15, 0.2) is 0 Å². The molecule has 1 unspecified atom stereocenters. The number of hydrogen-bond acceptors (Lipinski definition) is 3. The predicted molar refractivity (Wildman–Crippen MR) is 78.8 cm³/mol. The van der Waals surface area contributed by atoms with Crippen molar-refractivity contribution in [1.82, 2.24) is 9.80 Å². The van der Waals surface area contributed by atoms with E-state index in [1.54, 1.807) is 9.80 Å². The van der Waals surface area contributed by atoms with Gasteiger partial charge in [0.05, 0.1) is 0 Å². The number of carboxylic acids is 1. The summed E-state index contributed by atoms with van der Waals surface area (Å²) in [5, 5.41) is 8.57. The molecule has 1 heterocycles. The summed E-state index contributed by atoms with van der Waals surface area (Å²) in [7, 11) is 0. The molecule has 2 amide bonds. The average molecular weight is 298 g/mol. The van der Waals surface area contributed by atoms with Crippen molar-refractivity contribution in [2.45, 2.75) is 58.4 Å². The standard InChI is InChI=1S/C15H26N2O4/c1-3-16(4-2)15(21)12-8-7-11-17(12)13(18)9-5-6-10-14(19)20/h12H,3-11H2,1-2H3,(H,19,20). The van der Waals surface area contributed by atoms with E-state index < -0.39 is 5.97 Å². The second kappa shape index (κ2) is 8.64. The maximum Gasteiger partial charge on any atom is 0.303 e. The SMILES string of the molecule is CCN(CC)C(=O)C1CCCN1C(=O)CCCCC(=O)O. The zero-order valence-corrected chi connectivity index (χ0v) is 13.0. The summed E-state index contributed by atoms with van der Waals surface area (Å²) in [6.45, 7) is 5.83. The molecule has 0 radical (unpaired) electrons. The van der Waals surface area contributed by atoms with Crippen molar-refractivity contribution in [2.24, 2.45) is 0 Å². The highest BCUT2D eigenvalue weighted by Gasteiger charge is 2.35. The first-order chi connectivity index (χ1) is 10.0. The van der Waals surface area contributed by atoms with Crippen LogP contribution in [0.4, 0.5) is 0 Å². The van der Waals surface area contributed by atoms with Gasteiger partial charge in [-0.2, -0.15) is 0 Å². The fraction of sp³-hybridized carbons (Fsp3) is 0.800. The molecule has 6 heteroatoms. The van der Waals surface area contributed by atoms with Crippen LogP contribution < -0.4 is 0 Å². The Bertz CT molecular complexity index is 380. The first kappa shape index (κ1) is 17.5. The second-order valence-electron chi connectivity index (χ2n) is 5.36. The Morgan fingerprint density at radius 1 is 1.14 bits per heavy atom. The van der Waals surface area contributed by atoms with Gasteiger partial charge < -0.3 is 14.9 Å². The lowest BCUT2D eigenvalue weighted by Crippen LogP contribution is -2.47. The lowest BCUT2D eigenvalue weighted by Gasteiger charge is -2.29. The van der Waals surface area contributed by atoms with Gasteiger partial charge in [0.1, 0.15) is 6.04 Å². The third-order valence-electron chi connectivity index (χ3n) is 3.96. The van der Waals surface area contributed by atoms with Crippen LogP contribution in [0.5, 0.6) is 0 Å². The van der Waals surface area contributed by atoms with Crippen molar-refractivity contribution in [1.29, 1.82) is 0 Å². The summed E-state index contributed by atoms with van der Waals surface area (Å²) in [6.07, 6.45) is 3.08. The average Bonchev–Trinajstić information content (AvgIpc) is 2.93. The number of carbonyl (C=O) groups excluding carboxylic acids is 2. The molecule has 0 spiro atoms. The van der Waals surface area contributed by atoms with E-state index in [4.69, 9.17) is 5.11 Å². The van der Waals surface area contributed by atoms with Crippen molar-refractivity contribution in [2.75, 3.05) is 19.6 Å². The Kier molecular flexibility index (Phi) is 7.19. The molecule has 0 bridgehead atoms. The lowest BCUT2D eigenvalue weighted by atomic mass is 10.1. The van der Waals surface area contributed by atoms with Crippen molar-refractivity contribution in [3.05, 3.63) is 0 Å². The highest BCUT2D eigenvalue weighted by molar-refractivity contribution is 5.88. The van der Waals surface area contributed by atoms with Crippen LogP contribution in [0.25, 0.3) is 0 Å². The number of rotatable bonds is 8. The topological polar surface area (TPSA) is 77.9 Å². The zero-order chi connectivity index (χ0) is 15.8. The Labute approximate surface area is 126 Å². The van der Waals surface area contributed by atoms with Gasteiger partial charge in [-0.3, -0.25) is 14.4 Å². The van der Waals surface area contributed by atoms with Gasteiger partial charge in [-0.05, 0) is 39.5 Å². The van der Waals surface area contributed by atoms with E-state index in [9.17, 15) is 14.4 Å². The van der Waals surface area contributed by atoms with E-state index in [0.717, 1.165) is 12.8 Å². The Morgan fingerprint density at radius 3 is 2.33 bits per heavy atom. The number of amides is 2. The first-order valence-electron chi connectivity index (χ1n) is 7.81. The molecule has 21 heavy (non-hydrogen) atoms. The molecule has 0 aromatic heterocycles. The molecule has 1 N–H and O–H groups in total. The summed E-state index contributed by atoms with van der Waals surface area (Å²) in [6, 6.07) is -0.322. The number of unbranched alkanes of at least 4 members (excludes halogenated alkanes) is 1. The third kappa shape index (κ3) is 5.02. The monoisotopic (exact) mass is 298 g/mol. The van der Waals surface area contributed by atoms with Crippen LogP contribution in [-0.2, 0) is 14.4 Å². The van der Waals surface area contributed by atoms with Crippen LogP contribution in [0.1, 0.15) is 52.4 Å². The fourth-order valence-electron chi connectivity index (χ4n) is 2.76. The van der Waals surface area contributed by atoms with Gasteiger partial charge in [-0.25, -0.2) is 0 Å².